The Balaban J connectivity index is 1.90. The van der Waals surface area contributed by atoms with Crippen molar-refractivity contribution < 1.29 is 9.72 Å². The molecule has 0 bridgehead atoms. The van der Waals surface area contributed by atoms with Crippen LogP contribution in [0.3, 0.4) is 0 Å². The molecule has 2 rings (SSSR count). The summed E-state index contributed by atoms with van der Waals surface area (Å²) in [5.41, 5.74) is 0.796. The van der Waals surface area contributed by atoms with Crippen molar-refractivity contribution in [2.24, 2.45) is 0 Å². The fraction of sp³-hybridized carbons (Fsp3) is 0.400. The molecule has 2 unspecified atom stereocenters. The zero-order chi connectivity index (χ0) is 15.2. The summed E-state index contributed by atoms with van der Waals surface area (Å²) in [7, 11) is 0. The third kappa shape index (κ3) is 4.39. The van der Waals surface area contributed by atoms with Gasteiger partial charge in [0.2, 0.25) is 5.91 Å². The molecule has 0 aliphatic carbocycles. The molecule has 1 aliphatic rings. The van der Waals surface area contributed by atoms with Crippen molar-refractivity contribution in [1.82, 2.24) is 10.6 Å². The first-order valence-corrected chi connectivity index (χ1v) is 7.02. The molecule has 0 saturated carbocycles. The fourth-order valence-electron chi connectivity index (χ4n) is 2.35. The van der Waals surface area contributed by atoms with Gasteiger partial charge in [-0.3, -0.25) is 14.9 Å². The monoisotopic (exact) mass is 289 g/mol. The first-order valence-electron chi connectivity index (χ1n) is 7.02. The predicted molar refractivity (Wildman–Crippen MR) is 80.8 cm³/mol. The number of nitro groups is 1. The van der Waals surface area contributed by atoms with Crippen LogP contribution in [-0.2, 0) is 4.79 Å². The van der Waals surface area contributed by atoms with Crippen LogP contribution < -0.4 is 10.6 Å². The lowest BCUT2D eigenvalue weighted by molar-refractivity contribution is -0.384. The number of carbonyl (C=O) groups excluding carboxylic acids is 1. The van der Waals surface area contributed by atoms with Crippen molar-refractivity contribution in [2.75, 3.05) is 6.54 Å². The molecule has 1 aromatic rings. The number of carbonyl (C=O) groups is 1. The Morgan fingerprint density at radius 2 is 2.14 bits per heavy atom. The zero-order valence-electron chi connectivity index (χ0n) is 11.9. The second kappa shape index (κ2) is 6.99. The van der Waals surface area contributed by atoms with Gasteiger partial charge in [-0.15, -0.1) is 0 Å². The maximum Gasteiger partial charge on any atom is 0.269 e. The minimum atomic E-state index is -0.447. The van der Waals surface area contributed by atoms with Crippen LogP contribution in [0.25, 0.3) is 6.08 Å². The third-order valence-electron chi connectivity index (χ3n) is 3.62. The van der Waals surface area contributed by atoms with Gasteiger partial charge in [-0.05, 0) is 50.1 Å². The molecular formula is C15H19N3O3. The molecule has 1 heterocycles. The van der Waals surface area contributed by atoms with E-state index in [4.69, 9.17) is 0 Å². The van der Waals surface area contributed by atoms with Gasteiger partial charge in [0.25, 0.3) is 5.69 Å². The van der Waals surface area contributed by atoms with E-state index in [1.54, 1.807) is 18.2 Å². The van der Waals surface area contributed by atoms with E-state index in [2.05, 4.69) is 17.6 Å². The van der Waals surface area contributed by atoms with Gasteiger partial charge < -0.3 is 10.6 Å². The molecule has 1 saturated heterocycles. The maximum absolute atomic E-state index is 11.9. The lowest BCUT2D eigenvalue weighted by Crippen LogP contribution is -2.51. The number of nitro benzene ring substituents is 1. The van der Waals surface area contributed by atoms with Gasteiger partial charge in [0, 0.05) is 30.3 Å². The average molecular weight is 289 g/mol. The topological polar surface area (TPSA) is 84.3 Å². The van der Waals surface area contributed by atoms with Gasteiger partial charge in [0.1, 0.15) is 0 Å². The van der Waals surface area contributed by atoms with Gasteiger partial charge in [0.05, 0.1) is 4.92 Å². The molecule has 112 valence electrons. The Kier molecular flexibility index (Phi) is 5.05. The minimum Gasteiger partial charge on any atom is -0.348 e. The summed E-state index contributed by atoms with van der Waals surface area (Å²) in [6.45, 7) is 3.05. The summed E-state index contributed by atoms with van der Waals surface area (Å²) >= 11 is 0. The van der Waals surface area contributed by atoms with Crippen LogP contribution >= 0.6 is 0 Å². The van der Waals surface area contributed by atoms with Crippen molar-refractivity contribution in [2.45, 2.75) is 31.8 Å². The molecule has 21 heavy (non-hydrogen) atoms. The van der Waals surface area contributed by atoms with Crippen molar-refractivity contribution in [1.29, 1.82) is 0 Å². The van der Waals surface area contributed by atoms with Crippen LogP contribution in [-0.4, -0.2) is 29.5 Å². The number of rotatable bonds is 4. The number of benzene rings is 1. The van der Waals surface area contributed by atoms with Crippen LogP contribution in [0.15, 0.2) is 30.3 Å². The number of hydrogen-bond donors (Lipinski definition) is 2. The predicted octanol–water partition coefficient (Wildman–Crippen LogP) is 1.86. The highest BCUT2D eigenvalue weighted by atomic mass is 16.6. The quantitative estimate of drug-likeness (QED) is 0.503. The molecule has 2 atom stereocenters. The van der Waals surface area contributed by atoms with Crippen LogP contribution in [0.5, 0.6) is 0 Å². The highest BCUT2D eigenvalue weighted by Gasteiger charge is 2.21. The fourth-order valence-corrected chi connectivity index (χ4v) is 2.35. The number of non-ortho nitro benzene ring substituents is 1. The number of nitrogens with zero attached hydrogens (tertiary/aromatic N) is 1. The summed E-state index contributed by atoms with van der Waals surface area (Å²) in [5, 5.41) is 16.8. The number of amides is 1. The summed E-state index contributed by atoms with van der Waals surface area (Å²) in [6, 6.07) is 6.50. The molecule has 6 heteroatoms. The van der Waals surface area contributed by atoms with E-state index in [0.29, 0.717) is 0 Å². The van der Waals surface area contributed by atoms with E-state index in [9.17, 15) is 14.9 Å². The van der Waals surface area contributed by atoms with Crippen molar-refractivity contribution in [3.63, 3.8) is 0 Å². The largest absolute Gasteiger partial charge is 0.348 e. The Labute approximate surface area is 123 Å². The van der Waals surface area contributed by atoms with Gasteiger partial charge in [-0.2, -0.15) is 0 Å². The van der Waals surface area contributed by atoms with Crippen LogP contribution in [0.4, 0.5) is 5.69 Å². The van der Waals surface area contributed by atoms with E-state index < -0.39 is 4.92 Å². The number of hydrogen-bond acceptors (Lipinski definition) is 4. The highest BCUT2D eigenvalue weighted by molar-refractivity contribution is 5.92. The number of nitrogens with one attached hydrogen (secondary N) is 2. The van der Waals surface area contributed by atoms with Crippen LogP contribution in [0.2, 0.25) is 0 Å². The summed E-state index contributed by atoms with van der Waals surface area (Å²) < 4.78 is 0. The van der Waals surface area contributed by atoms with Crippen molar-refractivity contribution in [3.8, 4) is 0 Å². The van der Waals surface area contributed by atoms with Crippen molar-refractivity contribution >= 4 is 17.7 Å². The molecule has 0 spiro atoms. The minimum absolute atomic E-state index is 0.0405. The lowest BCUT2D eigenvalue weighted by atomic mass is 10.00. The van der Waals surface area contributed by atoms with Crippen LogP contribution in [0.1, 0.15) is 25.3 Å². The maximum atomic E-state index is 11.9. The van der Waals surface area contributed by atoms with Crippen LogP contribution in [0, 0.1) is 10.1 Å². The zero-order valence-corrected chi connectivity index (χ0v) is 11.9. The van der Waals surface area contributed by atoms with E-state index >= 15 is 0 Å². The first-order chi connectivity index (χ1) is 10.1. The normalized spacial score (nSPS) is 22.1. The molecule has 0 radical (unpaired) electrons. The Bertz CT molecular complexity index is 540. The Morgan fingerprint density at radius 1 is 1.43 bits per heavy atom. The molecule has 6 nitrogen and oxygen atoms in total. The van der Waals surface area contributed by atoms with Crippen molar-refractivity contribution in [3.05, 3.63) is 46.0 Å². The Morgan fingerprint density at radius 3 is 2.76 bits per heavy atom. The van der Waals surface area contributed by atoms with E-state index in [1.807, 2.05) is 0 Å². The average Bonchev–Trinajstić information content (AvgIpc) is 2.48. The standard InChI is InChI=1S/C15H19N3O3/c1-11-14(3-2-10-16-11)17-15(19)9-6-12-4-7-13(8-5-12)18(20)21/h4-9,11,14,16H,2-3,10H2,1H3,(H,17,19)/b9-6+. The highest BCUT2D eigenvalue weighted by Crippen LogP contribution is 2.13. The molecule has 2 N–H and O–H groups in total. The van der Waals surface area contributed by atoms with E-state index in [1.165, 1.54) is 18.2 Å². The number of piperidine rings is 1. The molecular weight excluding hydrogens is 270 g/mol. The SMILES string of the molecule is CC1NCCCC1NC(=O)/C=C/c1ccc([N+](=O)[O-])cc1. The molecule has 0 aromatic heterocycles. The first kappa shape index (κ1) is 15.2. The summed E-state index contributed by atoms with van der Waals surface area (Å²) in [5.74, 6) is -0.145. The van der Waals surface area contributed by atoms with Gasteiger partial charge in [0.15, 0.2) is 0 Å². The Hall–Kier alpha value is -2.21. The van der Waals surface area contributed by atoms with Gasteiger partial charge in [-0.25, -0.2) is 0 Å². The molecule has 1 aliphatic heterocycles. The van der Waals surface area contributed by atoms with Gasteiger partial charge >= 0.3 is 0 Å². The molecule has 1 aromatic carbocycles. The molecule has 1 amide bonds. The van der Waals surface area contributed by atoms with Gasteiger partial charge in [-0.1, -0.05) is 0 Å². The van der Waals surface area contributed by atoms with E-state index in [0.717, 1.165) is 24.9 Å². The van der Waals surface area contributed by atoms with E-state index in [-0.39, 0.29) is 23.7 Å². The lowest BCUT2D eigenvalue weighted by Gasteiger charge is -2.30. The molecule has 1 fully saturated rings. The second-order valence-electron chi connectivity index (χ2n) is 5.18. The third-order valence-corrected chi connectivity index (χ3v) is 3.62. The second-order valence-corrected chi connectivity index (χ2v) is 5.18. The summed E-state index contributed by atoms with van der Waals surface area (Å²) in [4.78, 5) is 22.0. The smallest absolute Gasteiger partial charge is 0.269 e. The summed E-state index contributed by atoms with van der Waals surface area (Å²) in [6.07, 6.45) is 5.15.